The summed E-state index contributed by atoms with van der Waals surface area (Å²) in [5.74, 6) is 1.10. The second-order valence-electron chi connectivity index (χ2n) is 5.02. The van der Waals surface area contributed by atoms with E-state index in [1.165, 1.54) is 6.07 Å². The fourth-order valence-corrected chi connectivity index (χ4v) is 2.38. The molecule has 128 valence electrons. The van der Waals surface area contributed by atoms with Gasteiger partial charge in [0, 0.05) is 17.3 Å². The van der Waals surface area contributed by atoms with Crippen LogP contribution in [0.25, 0.3) is 0 Å². The van der Waals surface area contributed by atoms with Crippen LogP contribution in [0.1, 0.15) is 19.4 Å². The summed E-state index contributed by atoms with van der Waals surface area (Å²) in [5.41, 5.74) is 1.82. The van der Waals surface area contributed by atoms with E-state index in [1.54, 1.807) is 19.1 Å². The zero-order chi connectivity index (χ0) is 17.5. The second-order valence-corrected chi connectivity index (χ2v) is 5.42. The molecule has 0 heterocycles. The number of nitrogens with one attached hydrogen (secondary N) is 2. The Morgan fingerprint density at radius 1 is 1.04 bits per heavy atom. The van der Waals surface area contributed by atoms with Crippen LogP contribution in [0.3, 0.4) is 0 Å². The van der Waals surface area contributed by atoms with E-state index < -0.39 is 0 Å². The lowest BCUT2D eigenvalue weighted by Gasteiger charge is -2.16. The molecule has 0 aliphatic carbocycles. The average Bonchev–Trinajstić information content (AvgIpc) is 2.55. The third-order valence-corrected chi connectivity index (χ3v) is 3.53. The van der Waals surface area contributed by atoms with Gasteiger partial charge in [-0.2, -0.15) is 0 Å². The van der Waals surface area contributed by atoms with Crippen LogP contribution in [0.15, 0.2) is 36.4 Å². The fourth-order valence-electron chi connectivity index (χ4n) is 2.16. The lowest BCUT2D eigenvalue weighted by Crippen LogP contribution is -2.20. The van der Waals surface area contributed by atoms with Crippen LogP contribution >= 0.6 is 12.2 Å². The van der Waals surface area contributed by atoms with Crippen molar-refractivity contribution in [1.82, 2.24) is 0 Å². The summed E-state index contributed by atoms with van der Waals surface area (Å²) >= 11 is 5.33. The van der Waals surface area contributed by atoms with Crippen LogP contribution < -0.4 is 20.1 Å². The molecular formula is C18H21FN2O2S. The minimum absolute atomic E-state index is 0.281. The van der Waals surface area contributed by atoms with Crippen LogP contribution in [-0.2, 0) is 0 Å². The van der Waals surface area contributed by atoms with Crippen molar-refractivity contribution in [2.45, 2.75) is 20.8 Å². The van der Waals surface area contributed by atoms with Crippen molar-refractivity contribution < 1.29 is 13.9 Å². The van der Waals surface area contributed by atoms with Gasteiger partial charge in [0.05, 0.1) is 18.9 Å². The first-order valence-electron chi connectivity index (χ1n) is 7.77. The summed E-state index contributed by atoms with van der Waals surface area (Å²) in [6, 6.07) is 10.3. The summed E-state index contributed by atoms with van der Waals surface area (Å²) in [6.45, 7) is 6.63. The van der Waals surface area contributed by atoms with Gasteiger partial charge in [-0.05, 0) is 57.3 Å². The van der Waals surface area contributed by atoms with Gasteiger partial charge < -0.3 is 20.1 Å². The molecule has 2 N–H and O–H groups in total. The predicted octanol–water partition coefficient (Wildman–Crippen LogP) is 4.74. The first kappa shape index (κ1) is 18.0. The molecule has 2 rings (SSSR count). The maximum Gasteiger partial charge on any atom is 0.175 e. The molecule has 0 radical (unpaired) electrons. The van der Waals surface area contributed by atoms with Crippen molar-refractivity contribution in [3.05, 3.63) is 47.8 Å². The Morgan fingerprint density at radius 2 is 1.75 bits per heavy atom. The summed E-state index contributed by atoms with van der Waals surface area (Å²) in [5, 5.41) is 6.43. The van der Waals surface area contributed by atoms with Gasteiger partial charge >= 0.3 is 0 Å². The van der Waals surface area contributed by atoms with Crippen LogP contribution in [0.2, 0.25) is 0 Å². The molecule has 0 amide bonds. The Bertz CT molecular complexity index is 722. The Balaban J connectivity index is 2.17. The Hall–Kier alpha value is -2.34. The molecule has 0 saturated carbocycles. The van der Waals surface area contributed by atoms with Gasteiger partial charge in [0.2, 0.25) is 0 Å². The van der Waals surface area contributed by atoms with E-state index in [0.717, 1.165) is 0 Å². The Labute approximate surface area is 147 Å². The highest BCUT2D eigenvalue weighted by atomic mass is 32.1. The average molecular weight is 348 g/mol. The molecule has 4 nitrogen and oxygen atoms in total. The van der Waals surface area contributed by atoms with Crippen molar-refractivity contribution in [2.24, 2.45) is 0 Å². The molecule has 0 aliphatic heterocycles. The number of hydrogen-bond donors (Lipinski definition) is 2. The molecule has 0 aromatic heterocycles. The van der Waals surface area contributed by atoms with Crippen molar-refractivity contribution in [2.75, 3.05) is 23.8 Å². The van der Waals surface area contributed by atoms with Crippen molar-refractivity contribution in [3.63, 3.8) is 0 Å². The number of ether oxygens (including phenoxy) is 2. The largest absolute Gasteiger partial charge is 0.494 e. The second kappa shape index (κ2) is 8.49. The summed E-state index contributed by atoms with van der Waals surface area (Å²) in [4.78, 5) is 0. The van der Waals surface area contributed by atoms with Crippen molar-refractivity contribution in [3.8, 4) is 11.5 Å². The highest BCUT2D eigenvalue weighted by Crippen LogP contribution is 2.30. The molecule has 0 atom stereocenters. The zero-order valence-electron chi connectivity index (χ0n) is 14.0. The number of rotatable bonds is 6. The van der Waals surface area contributed by atoms with E-state index in [-0.39, 0.29) is 5.82 Å². The number of benzene rings is 2. The van der Waals surface area contributed by atoms with Gasteiger partial charge in [0.1, 0.15) is 17.3 Å². The van der Waals surface area contributed by atoms with E-state index in [9.17, 15) is 4.39 Å². The fraction of sp³-hybridized carbons (Fsp3) is 0.278. The van der Waals surface area contributed by atoms with Crippen LogP contribution in [0, 0.1) is 12.7 Å². The highest BCUT2D eigenvalue weighted by molar-refractivity contribution is 7.80. The SMILES string of the molecule is CCOc1ccc(OCC)c(NC(=S)Nc2cccc(F)c2C)c1. The third kappa shape index (κ3) is 4.58. The van der Waals surface area contributed by atoms with E-state index >= 15 is 0 Å². The van der Waals surface area contributed by atoms with Gasteiger partial charge in [-0.3, -0.25) is 0 Å². The molecule has 0 aliphatic rings. The maximum atomic E-state index is 13.6. The van der Waals surface area contributed by atoms with Gasteiger partial charge in [-0.1, -0.05) is 6.07 Å². The highest BCUT2D eigenvalue weighted by Gasteiger charge is 2.10. The van der Waals surface area contributed by atoms with Gasteiger partial charge in [0.25, 0.3) is 0 Å². The molecule has 2 aromatic rings. The van der Waals surface area contributed by atoms with Gasteiger partial charge in [0.15, 0.2) is 5.11 Å². The summed E-state index contributed by atoms with van der Waals surface area (Å²) in [6.07, 6.45) is 0. The normalized spacial score (nSPS) is 10.2. The summed E-state index contributed by atoms with van der Waals surface area (Å²) < 4.78 is 24.7. The standard InChI is InChI=1S/C18H21FN2O2S/c1-4-22-13-9-10-17(23-5-2)16(11-13)21-18(24)20-15-8-6-7-14(19)12(15)3/h6-11H,4-5H2,1-3H3,(H2,20,21,24). The molecule has 0 saturated heterocycles. The quantitative estimate of drug-likeness (QED) is 0.738. The van der Waals surface area contributed by atoms with Crippen LogP contribution in [-0.4, -0.2) is 18.3 Å². The van der Waals surface area contributed by atoms with Crippen LogP contribution in [0.4, 0.5) is 15.8 Å². The van der Waals surface area contributed by atoms with Crippen molar-refractivity contribution >= 4 is 28.7 Å². The number of halogens is 1. The first-order valence-corrected chi connectivity index (χ1v) is 8.18. The van der Waals surface area contributed by atoms with Crippen LogP contribution in [0.5, 0.6) is 11.5 Å². The molecular weight excluding hydrogens is 327 g/mol. The number of hydrogen-bond acceptors (Lipinski definition) is 3. The molecule has 6 heteroatoms. The topological polar surface area (TPSA) is 42.5 Å². The lowest BCUT2D eigenvalue weighted by atomic mass is 10.2. The first-order chi connectivity index (χ1) is 11.5. The smallest absolute Gasteiger partial charge is 0.175 e. The zero-order valence-corrected chi connectivity index (χ0v) is 14.8. The molecule has 0 fully saturated rings. The molecule has 0 spiro atoms. The van der Waals surface area contributed by atoms with E-state index in [0.29, 0.717) is 46.8 Å². The number of anilines is 2. The minimum atomic E-state index is -0.281. The lowest BCUT2D eigenvalue weighted by molar-refractivity contribution is 0.332. The molecule has 0 bridgehead atoms. The Morgan fingerprint density at radius 3 is 2.46 bits per heavy atom. The van der Waals surface area contributed by atoms with E-state index in [2.05, 4.69) is 10.6 Å². The third-order valence-electron chi connectivity index (χ3n) is 3.33. The maximum absolute atomic E-state index is 13.6. The van der Waals surface area contributed by atoms with Gasteiger partial charge in [-0.15, -0.1) is 0 Å². The molecule has 0 unspecified atom stereocenters. The molecule has 24 heavy (non-hydrogen) atoms. The molecule has 2 aromatic carbocycles. The minimum Gasteiger partial charge on any atom is -0.494 e. The van der Waals surface area contributed by atoms with Crippen molar-refractivity contribution in [1.29, 1.82) is 0 Å². The van der Waals surface area contributed by atoms with E-state index in [4.69, 9.17) is 21.7 Å². The predicted molar refractivity (Wildman–Crippen MR) is 99.8 cm³/mol. The number of thiocarbonyl (C=S) groups is 1. The monoisotopic (exact) mass is 348 g/mol. The summed E-state index contributed by atoms with van der Waals surface area (Å²) in [7, 11) is 0. The van der Waals surface area contributed by atoms with Gasteiger partial charge in [-0.25, -0.2) is 4.39 Å². The van der Waals surface area contributed by atoms with E-state index in [1.807, 2.05) is 32.0 Å². The Kier molecular flexibility index (Phi) is 6.37.